The molecule has 0 bridgehead atoms. The SMILES string of the molecule is COCCNC(=O)c1nn(-c2ccc(F)c(F)c2)c(OC)cc1=O. The quantitative estimate of drug-likeness (QED) is 0.791. The summed E-state index contributed by atoms with van der Waals surface area (Å²) in [6.07, 6.45) is 0. The monoisotopic (exact) mass is 339 g/mol. The first-order chi connectivity index (χ1) is 11.5. The van der Waals surface area contributed by atoms with Gasteiger partial charge in [0.05, 0.1) is 25.5 Å². The summed E-state index contributed by atoms with van der Waals surface area (Å²) >= 11 is 0. The molecular formula is C15H15F2N3O4. The van der Waals surface area contributed by atoms with Gasteiger partial charge in [-0.15, -0.1) is 0 Å². The second kappa shape index (κ2) is 7.64. The molecule has 0 aliphatic carbocycles. The van der Waals surface area contributed by atoms with Crippen LogP contribution in [0, 0.1) is 11.6 Å². The Morgan fingerprint density at radius 3 is 2.62 bits per heavy atom. The second-order valence-electron chi connectivity index (χ2n) is 4.66. The van der Waals surface area contributed by atoms with Gasteiger partial charge in [-0.25, -0.2) is 13.5 Å². The molecule has 1 aromatic carbocycles. The van der Waals surface area contributed by atoms with Crippen LogP contribution in [0.4, 0.5) is 8.78 Å². The van der Waals surface area contributed by atoms with Crippen molar-refractivity contribution in [2.24, 2.45) is 0 Å². The lowest BCUT2D eigenvalue weighted by Crippen LogP contribution is -2.33. The first kappa shape index (κ1) is 17.5. The van der Waals surface area contributed by atoms with Crippen molar-refractivity contribution in [3.8, 4) is 11.6 Å². The van der Waals surface area contributed by atoms with Gasteiger partial charge in [0.15, 0.2) is 17.3 Å². The molecule has 0 unspecified atom stereocenters. The zero-order valence-electron chi connectivity index (χ0n) is 13.0. The number of hydrogen-bond acceptors (Lipinski definition) is 5. The van der Waals surface area contributed by atoms with Gasteiger partial charge in [-0.1, -0.05) is 0 Å². The summed E-state index contributed by atoms with van der Waals surface area (Å²) in [5, 5.41) is 6.36. The summed E-state index contributed by atoms with van der Waals surface area (Å²) in [5.41, 5.74) is -0.978. The first-order valence-corrected chi connectivity index (χ1v) is 6.89. The van der Waals surface area contributed by atoms with Crippen molar-refractivity contribution in [2.45, 2.75) is 0 Å². The molecule has 0 saturated carbocycles. The Kier molecular flexibility index (Phi) is 5.59. The fourth-order valence-corrected chi connectivity index (χ4v) is 1.90. The summed E-state index contributed by atoms with van der Waals surface area (Å²) in [7, 11) is 2.75. The predicted molar refractivity (Wildman–Crippen MR) is 80.5 cm³/mol. The van der Waals surface area contributed by atoms with Gasteiger partial charge >= 0.3 is 0 Å². The Bertz CT molecular complexity index is 808. The number of methoxy groups -OCH3 is 2. The van der Waals surface area contributed by atoms with E-state index in [0.29, 0.717) is 0 Å². The van der Waals surface area contributed by atoms with Crippen LogP contribution in [0.25, 0.3) is 5.69 Å². The second-order valence-corrected chi connectivity index (χ2v) is 4.66. The van der Waals surface area contributed by atoms with Crippen molar-refractivity contribution in [2.75, 3.05) is 27.4 Å². The normalized spacial score (nSPS) is 10.5. The minimum absolute atomic E-state index is 0.0283. The van der Waals surface area contributed by atoms with E-state index in [2.05, 4.69) is 10.4 Å². The molecule has 1 amide bonds. The third kappa shape index (κ3) is 3.74. The van der Waals surface area contributed by atoms with Crippen molar-refractivity contribution >= 4 is 5.91 Å². The van der Waals surface area contributed by atoms with E-state index in [0.717, 1.165) is 22.9 Å². The van der Waals surface area contributed by atoms with E-state index in [9.17, 15) is 18.4 Å². The van der Waals surface area contributed by atoms with Gasteiger partial charge in [-0.2, -0.15) is 5.10 Å². The molecule has 1 heterocycles. The van der Waals surface area contributed by atoms with Gasteiger partial charge in [0.25, 0.3) is 5.91 Å². The number of benzene rings is 1. The van der Waals surface area contributed by atoms with Crippen LogP contribution in [0.3, 0.4) is 0 Å². The van der Waals surface area contributed by atoms with Crippen LogP contribution >= 0.6 is 0 Å². The lowest BCUT2D eigenvalue weighted by molar-refractivity contribution is 0.0929. The molecule has 0 fully saturated rings. The molecule has 0 atom stereocenters. The van der Waals surface area contributed by atoms with Crippen molar-refractivity contribution in [3.05, 3.63) is 51.8 Å². The lowest BCUT2D eigenvalue weighted by Gasteiger charge is -2.12. The van der Waals surface area contributed by atoms with E-state index in [4.69, 9.17) is 9.47 Å². The molecule has 0 spiro atoms. The van der Waals surface area contributed by atoms with Crippen LogP contribution < -0.4 is 15.5 Å². The average molecular weight is 339 g/mol. The van der Waals surface area contributed by atoms with Crippen molar-refractivity contribution in [3.63, 3.8) is 0 Å². The Balaban J connectivity index is 2.46. The maximum Gasteiger partial charge on any atom is 0.275 e. The number of carbonyl (C=O) groups is 1. The van der Waals surface area contributed by atoms with E-state index in [1.165, 1.54) is 20.3 Å². The largest absolute Gasteiger partial charge is 0.481 e. The molecule has 7 nitrogen and oxygen atoms in total. The molecule has 24 heavy (non-hydrogen) atoms. The van der Waals surface area contributed by atoms with Crippen LogP contribution in [0.5, 0.6) is 5.88 Å². The zero-order chi connectivity index (χ0) is 17.7. The van der Waals surface area contributed by atoms with Gasteiger partial charge in [0, 0.05) is 19.7 Å². The Labute approximate surface area is 135 Å². The van der Waals surface area contributed by atoms with Crippen molar-refractivity contribution < 1.29 is 23.0 Å². The maximum atomic E-state index is 13.4. The van der Waals surface area contributed by atoms with Gasteiger partial charge in [-0.3, -0.25) is 9.59 Å². The molecule has 0 radical (unpaired) electrons. The number of nitrogens with one attached hydrogen (secondary N) is 1. The molecule has 1 N–H and O–H groups in total. The molecule has 2 rings (SSSR count). The first-order valence-electron chi connectivity index (χ1n) is 6.89. The van der Waals surface area contributed by atoms with Gasteiger partial charge in [0.2, 0.25) is 11.3 Å². The number of ether oxygens (including phenoxy) is 2. The molecule has 128 valence electrons. The van der Waals surface area contributed by atoms with Crippen LogP contribution in [0.15, 0.2) is 29.1 Å². The number of rotatable bonds is 6. The molecule has 0 saturated heterocycles. The van der Waals surface area contributed by atoms with Crippen LogP contribution in [-0.2, 0) is 4.74 Å². The van der Waals surface area contributed by atoms with Crippen molar-refractivity contribution in [1.82, 2.24) is 15.1 Å². The van der Waals surface area contributed by atoms with Gasteiger partial charge < -0.3 is 14.8 Å². The molecular weight excluding hydrogens is 324 g/mol. The number of nitrogens with zero attached hydrogens (tertiary/aromatic N) is 2. The predicted octanol–water partition coefficient (Wildman–Crippen LogP) is 0.895. The topological polar surface area (TPSA) is 82.4 Å². The molecule has 9 heteroatoms. The third-order valence-electron chi connectivity index (χ3n) is 3.06. The molecule has 0 aliphatic heterocycles. The summed E-state index contributed by atoms with van der Waals surface area (Å²) in [4.78, 5) is 24.0. The van der Waals surface area contributed by atoms with E-state index >= 15 is 0 Å². The number of carbonyl (C=O) groups excluding carboxylic acids is 1. The van der Waals surface area contributed by atoms with Crippen LogP contribution in [0.1, 0.15) is 10.5 Å². The average Bonchev–Trinajstić information content (AvgIpc) is 2.57. The Morgan fingerprint density at radius 2 is 2.00 bits per heavy atom. The highest BCUT2D eigenvalue weighted by atomic mass is 19.2. The fourth-order valence-electron chi connectivity index (χ4n) is 1.90. The summed E-state index contributed by atoms with van der Waals surface area (Å²) in [5.74, 6) is -2.87. The van der Waals surface area contributed by atoms with E-state index in [1.807, 2.05) is 0 Å². The Hall–Kier alpha value is -2.81. The Morgan fingerprint density at radius 1 is 1.25 bits per heavy atom. The highest BCUT2D eigenvalue weighted by molar-refractivity contribution is 5.92. The van der Waals surface area contributed by atoms with Crippen LogP contribution in [-0.4, -0.2) is 43.1 Å². The third-order valence-corrected chi connectivity index (χ3v) is 3.06. The van der Waals surface area contributed by atoms with Gasteiger partial charge in [-0.05, 0) is 12.1 Å². The van der Waals surface area contributed by atoms with E-state index < -0.39 is 28.7 Å². The molecule has 1 aromatic heterocycles. The van der Waals surface area contributed by atoms with E-state index in [1.54, 1.807) is 0 Å². The minimum atomic E-state index is -1.10. The molecule has 2 aromatic rings. The summed E-state index contributed by atoms with van der Waals surface area (Å²) in [6.45, 7) is 0.451. The van der Waals surface area contributed by atoms with Crippen molar-refractivity contribution in [1.29, 1.82) is 0 Å². The zero-order valence-corrected chi connectivity index (χ0v) is 13.0. The summed E-state index contributed by atoms with van der Waals surface area (Å²) in [6, 6.07) is 4.06. The smallest absolute Gasteiger partial charge is 0.275 e. The van der Waals surface area contributed by atoms with E-state index in [-0.39, 0.29) is 24.7 Å². The highest BCUT2D eigenvalue weighted by Crippen LogP contribution is 2.17. The van der Waals surface area contributed by atoms with Gasteiger partial charge in [0.1, 0.15) is 0 Å². The summed E-state index contributed by atoms with van der Waals surface area (Å²) < 4.78 is 37.4. The lowest BCUT2D eigenvalue weighted by atomic mass is 10.3. The highest BCUT2D eigenvalue weighted by Gasteiger charge is 2.17. The fraction of sp³-hybridized carbons (Fsp3) is 0.267. The molecule has 0 aliphatic rings. The van der Waals surface area contributed by atoms with Crippen LogP contribution in [0.2, 0.25) is 0 Å². The number of aromatic nitrogens is 2. The number of amides is 1. The maximum absolute atomic E-state index is 13.4. The standard InChI is InChI=1S/C15H15F2N3O4/c1-23-6-5-18-15(22)14-12(21)8-13(24-2)20(19-14)9-3-4-10(16)11(17)7-9/h3-4,7-8H,5-6H2,1-2H3,(H,18,22). The number of halogens is 2. The minimum Gasteiger partial charge on any atom is -0.481 e. The number of hydrogen-bond donors (Lipinski definition) is 1.